The van der Waals surface area contributed by atoms with E-state index in [0.29, 0.717) is 55.8 Å². The maximum absolute atomic E-state index is 13.1. The summed E-state index contributed by atoms with van der Waals surface area (Å²) in [6.07, 6.45) is 1.43. The van der Waals surface area contributed by atoms with Crippen molar-refractivity contribution in [1.82, 2.24) is 9.88 Å². The van der Waals surface area contributed by atoms with E-state index in [-0.39, 0.29) is 11.9 Å². The van der Waals surface area contributed by atoms with Crippen LogP contribution in [0, 0.1) is 0 Å². The van der Waals surface area contributed by atoms with Gasteiger partial charge in [0.15, 0.2) is 0 Å². The summed E-state index contributed by atoms with van der Waals surface area (Å²) >= 11 is 6.01. The van der Waals surface area contributed by atoms with E-state index in [0.717, 1.165) is 5.69 Å². The fourth-order valence-electron chi connectivity index (χ4n) is 3.47. The summed E-state index contributed by atoms with van der Waals surface area (Å²) in [5.41, 5.74) is 1.44. The van der Waals surface area contributed by atoms with Crippen molar-refractivity contribution in [3.8, 4) is 11.6 Å². The number of pyridine rings is 1. The molecule has 0 atom stereocenters. The van der Waals surface area contributed by atoms with Gasteiger partial charge in [0.05, 0.1) is 12.2 Å². The molecule has 1 fully saturated rings. The summed E-state index contributed by atoms with van der Waals surface area (Å²) in [6.45, 7) is 0.107. The number of rotatable bonds is 3. The highest BCUT2D eigenvalue weighted by molar-refractivity contribution is 6.30. The molecule has 2 aliphatic rings. The van der Waals surface area contributed by atoms with Crippen molar-refractivity contribution in [2.75, 3.05) is 49.1 Å². The Morgan fingerprint density at radius 2 is 1.93 bits per heavy atom. The summed E-state index contributed by atoms with van der Waals surface area (Å²) < 4.78 is 34.8. The highest BCUT2D eigenvalue weighted by Crippen LogP contribution is 2.34. The van der Waals surface area contributed by atoms with Gasteiger partial charge < -0.3 is 19.3 Å². The first-order valence-electron chi connectivity index (χ1n) is 9.16. The SMILES string of the molecule is O=C(N1CCN(c2ccnc(OC(F)F)c2)CC1)N1CCOc2cc(Cl)ccc21. The van der Waals surface area contributed by atoms with Crippen molar-refractivity contribution >= 4 is 29.0 Å². The standard InChI is InChI=1S/C19H19ClF2N4O3/c20-13-1-2-15-16(11-13)28-10-9-26(15)19(27)25-7-5-24(6-8-25)14-3-4-23-17(12-14)29-18(21)22/h1-4,11-12,18H,5-10H2. The Balaban J connectivity index is 1.41. The molecule has 1 aromatic carbocycles. The number of hydrogen-bond donors (Lipinski definition) is 0. The third-order valence-corrected chi connectivity index (χ3v) is 5.09. The number of hydrogen-bond acceptors (Lipinski definition) is 5. The van der Waals surface area contributed by atoms with E-state index >= 15 is 0 Å². The molecular weight excluding hydrogens is 406 g/mol. The van der Waals surface area contributed by atoms with Crippen LogP contribution in [0.15, 0.2) is 36.5 Å². The third kappa shape index (κ3) is 4.29. The van der Waals surface area contributed by atoms with Crippen molar-refractivity contribution in [1.29, 1.82) is 0 Å². The second-order valence-corrected chi connectivity index (χ2v) is 7.04. The highest BCUT2D eigenvalue weighted by atomic mass is 35.5. The number of halogens is 3. The first-order valence-corrected chi connectivity index (χ1v) is 9.53. The molecule has 154 valence electrons. The first-order chi connectivity index (χ1) is 14.0. The number of fused-ring (bicyclic) bond motifs is 1. The van der Waals surface area contributed by atoms with Gasteiger partial charge in [-0.2, -0.15) is 8.78 Å². The second-order valence-electron chi connectivity index (χ2n) is 6.60. The number of ether oxygens (including phenoxy) is 2. The number of anilines is 2. The summed E-state index contributed by atoms with van der Waals surface area (Å²) in [6, 6.07) is 8.34. The van der Waals surface area contributed by atoms with E-state index < -0.39 is 6.61 Å². The fraction of sp³-hybridized carbons (Fsp3) is 0.368. The lowest BCUT2D eigenvalue weighted by molar-refractivity contribution is -0.0528. The van der Waals surface area contributed by atoms with Gasteiger partial charge in [-0.1, -0.05) is 11.6 Å². The molecule has 2 aliphatic heterocycles. The number of alkyl halides is 2. The van der Waals surface area contributed by atoms with E-state index in [4.69, 9.17) is 16.3 Å². The molecule has 0 aliphatic carbocycles. The molecule has 3 heterocycles. The quantitative estimate of drug-likeness (QED) is 0.755. The Hall–Kier alpha value is -2.81. The van der Waals surface area contributed by atoms with E-state index in [1.807, 2.05) is 4.90 Å². The van der Waals surface area contributed by atoms with E-state index in [9.17, 15) is 13.6 Å². The van der Waals surface area contributed by atoms with Crippen LogP contribution >= 0.6 is 11.6 Å². The van der Waals surface area contributed by atoms with Crippen molar-refractivity contribution < 1.29 is 23.0 Å². The minimum atomic E-state index is -2.92. The van der Waals surface area contributed by atoms with Gasteiger partial charge in [0, 0.05) is 55.2 Å². The van der Waals surface area contributed by atoms with Crippen LogP contribution < -0.4 is 19.3 Å². The third-order valence-electron chi connectivity index (χ3n) is 4.86. The Labute approximate surface area is 171 Å². The Morgan fingerprint density at radius 3 is 2.69 bits per heavy atom. The summed E-state index contributed by atoms with van der Waals surface area (Å²) in [4.78, 5) is 22.3. The van der Waals surface area contributed by atoms with Gasteiger partial charge in [-0.3, -0.25) is 4.90 Å². The molecule has 4 rings (SSSR count). The van der Waals surface area contributed by atoms with Gasteiger partial charge in [0.25, 0.3) is 0 Å². The molecule has 0 saturated carbocycles. The summed E-state index contributed by atoms with van der Waals surface area (Å²) in [5, 5.41) is 0.555. The molecule has 1 saturated heterocycles. The van der Waals surface area contributed by atoms with Crippen LogP contribution in [0.5, 0.6) is 11.6 Å². The monoisotopic (exact) mass is 424 g/mol. The summed E-state index contributed by atoms with van der Waals surface area (Å²) in [5.74, 6) is 0.471. The average molecular weight is 425 g/mol. The van der Waals surface area contributed by atoms with Crippen LogP contribution in [-0.4, -0.2) is 61.9 Å². The Kier molecular flexibility index (Phi) is 5.57. The number of carbonyl (C=O) groups is 1. The van der Waals surface area contributed by atoms with Gasteiger partial charge in [0.2, 0.25) is 5.88 Å². The van der Waals surface area contributed by atoms with Crippen LogP contribution in [0.4, 0.5) is 25.0 Å². The fourth-order valence-corrected chi connectivity index (χ4v) is 3.63. The maximum Gasteiger partial charge on any atom is 0.388 e. The molecule has 10 heteroatoms. The lowest BCUT2D eigenvalue weighted by atomic mass is 10.2. The van der Waals surface area contributed by atoms with Gasteiger partial charge >= 0.3 is 12.6 Å². The van der Waals surface area contributed by atoms with Gasteiger partial charge in [-0.05, 0) is 18.2 Å². The summed E-state index contributed by atoms with van der Waals surface area (Å²) in [7, 11) is 0. The number of piperazine rings is 1. The lowest BCUT2D eigenvalue weighted by Gasteiger charge is -2.39. The van der Waals surface area contributed by atoms with Crippen LogP contribution in [0.2, 0.25) is 5.02 Å². The molecule has 0 N–H and O–H groups in total. The Bertz CT molecular complexity index is 894. The lowest BCUT2D eigenvalue weighted by Crippen LogP contribution is -2.54. The molecular formula is C19H19ClF2N4O3. The number of benzene rings is 1. The van der Waals surface area contributed by atoms with E-state index in [1.54, 1.807) is 34.1 Å². The van der Waals surface area contributed by atoms with Gasteiger partial charge in [-0.15, -0.1) is 0 Å². The average Bonchev–Trinajstić information content (AvgIpc) is 2.72. The largest absolute Gasteiger partial charge is 0.489 e. The smallest absolute Gasteiger partial charge is 0.388 e. The number of nitrogens with zero attached hydrogens (tertiary/aromatic N) is 4. The van der Waals surface area contributed by atoms with Crippen molar-refractivity contribution in [2.24, 2.45) is 0 Å². The van der Waals surface area contributed by atoms with Crippen molar-refractivity contribution in [2.45, 2.75) is 6.61 Å². The molecule has 0 radical (unpaired) electrons. The highest BCUT2D eigenvalue weighted by Gasteiger charge is 2.30. The number of carbonyl (C=O) groups excluding carboxylic acids is 1. The topological polar surface area (TPSA) is 58.1 Å². The molecule has 0 bridgehead atoms. The molecule has 2 amide bonds. The minimum absolute atomic E-state index is 0.0898. The molecule has 29 heavy (non-hydrogen) atoms. The maximum atomic E-state index is 13.1. The first kappa shape index (κ1) is 19.5. The number of aromatic nitrogens is 1. The predicted octanol–water partition coefficient (Wildman–Crippen LogP) is 3.48. The minimum Gasteiger partial charge on any atom is -0.489 e. The molecule has 1 aromatic heterocycles. The van der Waals surface area contributed by atoms with Crippen LogP contribution in [-0.2, 0) is 0 Å². The van der Waals surface area contributed by atoms with Gasteiger partial charge in [0.1, 0.15) is 12.4 Å². The van der Waals surface area contributed by atoms with E-state index in [2.05, 4.69) is 9.72 Å². The van der Waals surface area contributed by atoms with Crippen LogP contribution in [0.3, 0.4) is 0 Å². The predicted molar refractivity (Wildman–Crippen MR) is 104 cm³/mol. The van der Waals surface area contributed by atoms with Crippen LogP contribution in [0.25, 0.3) is 0 Å². The van der Waals surface area contributed by atoms with Gasteiger partial charge in [-0.25, -0.2) is 9.78 Å². The normalized spacial score (nSPS) is 16.5. The number of urea groups is 1. The zero-order chi connectivity index (χ0) is 20.4. The van der Waals surface area contributed by atoms with Crippen molar-refractivity contribution in [3.63, 3.8) is 0 Å². The molecule has 7 nitrogen and oxygen atoms in total. The van der Waals surface area contributed by atoms with Crippen LogP contribution in [0.1, 0.15) is 0 Å². The Morgan fingerprint density at radius 1 is 1.14 bits per heavy atom. The molecule has 0 unspecified atom stereocenters. The zero-order valence-electron chi connectivity index (χ0n) is 15.4. The molecule has 0 spiro atoms. The number of amides is 2. The van der Waals surface area contributed by atoms with Crippen molar-refractivity contribution in [3.05, 3.63) is 41.6 Å². The zero-order valence-corrected chi connectivity index (χ0v) is 16.2. The second kappa shape index (κ2) is 8.28. The van der Waals surface area contributed by atoms with E-state index in [1.165, 1.54) is 12.3 Å². The molecule has 2 aromatic rings.